The number of pyridine rings is 1. The number of hydrazone groups is 1. The molecule has 1 aromatic heterocycles. The number of benzene rings is 2. The molecule has 1 heterocycles. The van der Waals surface area contributed by atoms with Crippen molar-refractivity contribution in [2.24, 2.45) is 5.10 Å². The summed E-state index contributed by atoms with van der Waals surface area (Å²) in [4.78, 5) is 4.12. The largest absolute Gasteiger partial charge is 0.496 e. The predicted octanol–water partition coefficient (Wildman–Crippen LogP) is 4.34. The maximum absolute atomic E-state index is 5.84. The van der Waals surface area contributed by atoms with Crippen molar-refractivity contribution in [3.8, 4) is 5.75 Å². The average molecular weight is 312 g/mol. The van der Waals surface area contributed by atoms with Gasteiger partial charge < -0.3 is 4.74 Å². The number of hydrogen-bond acceptors (Lipinski definition) is 4. The van der Waals surface area contributed by atoms with Crippen LogP contribution in [0.1, 0.15) is 5.56 Å². The van der Waals surface area contributed by atoms with Crippen LogP contribution in [0.4, 0.5) is 5.82 Å². The van der Waals surface area contributed by atoms with Gasteiger partial charge in [-0.25, -0.2) is 4.98 Å². The molecule has 0 saturated heterocycles. The Labute approximate surface area is 133 Å². The van der Waals surface area contributed by atoms with Crippen LogP contribution in [0, 0.1) is 0 Å². The standard InChI is InChI=1S/C17H14ClN3O/c1-22-15-10-9-12-5-2-3-6-13(12)14(15)11-19-21-17-8-4-7-16(18)20-17/h2-11H,1H3,(H,20,21)/b19-11-. The molecule has 0 atom stereocenters. The fourth-order valence-electron chi connectivity index (χ4n) is 2.22. The lowest BCUT2D eigenvalue weighted by atomic mass is 10.0. The van der Waals surface area contributed by atoms with E-state index in [2.05, 4.69) is 21.6 Å². The first-order valence-electron chi connectivity index (χ1n) is 6.75. The lowest BCUT2D eigenvalue weighted by Gasteiger charge is -2.08. The Bertz CT molecular complexity index is 833. The summed E-state index contributed by atoms with van der Waals surface area (Å²) in [6.07, 6.45) is 1.73. The minimum Gasteiger partial charge on any atom is -0.496 e. The molecule has 0 aliphatic rings. The molecule has 0 aliphatic carbocycles. The van der Waals surface area contributed by atoms with E-state index in [1.165, 1.54) is 0 Å². The van der Waals surface area contributed by atoms with E-state index in [0.29, 0.717) is 11.0 Å². The molecule has 0 saturated carbocycles. The monoisotopic (exact) mass is 311 g/mol. The molecule has 22 heavy (non-hydrogen) atoms. The van der Waals surface area contributed by atoms with Gasteiger partial charge in [-0.1, -0.05) is 48.0 Å². The molecule has 5 heteroatoms. The van der Waals surface area contributed by atoms with Crippen LogP contribution in [0.3, 0.4) is 0 Å². The highest BCUT2D eigenvalue weighted by Gasteiger charge is 2.05. The van der Waals surface area contributed by atoms with E-state index in [-0.39, 0.29) is 0 Å². The van der Waals surface area contributed by atoms with Gasteiger partial charge in [0.05, 0.1) is 13.3 Å². The zero-order valence-electron chi connectivity index (χ0n) is 12.0. The topological polar surface area (TPSA) is 46.5 Å². The molecule has 0 fully saturated rings. The molecule has 0 amide bonds. The Hall–Kier alpha value is -2.59. The van der Waals surface area contributed by atoms with Gasteiger partial charge in [0.1, 0.15) is 16.7 Å². The van der Waals surface area contributed by atoms with E-state index in [1.807, 2.05) is 36.4 Å². The van der Waals surface area contributed by atoms with Gasteiger partial charge >= 0.3 is 0 Å². The summed E-state index contributed by atoms with van der Waals surface area (Å²) in [6.45, 7) is 0. The molecule has 4 nitrogen and oxygen atoms in total. The van der Waals surface area contributed by atoms with Gasteiger partial charge in [0, 0.05) is 5.56 Å². The van der Waals surface area contributed by atoms with Crippen molar-refractivity contribution in [2.75, 3.05) is 12.5 Å². The summed E-state index contributed by atoms with van der Waals surface area (Å²) in [7, 11) is 1.65. The third-order valence-corrected chi connectivity index (χ3v) is 3.45. The molecule has 0 radical (unpaired) electrons. The van der Waals surface area contributed by atoms with Crippen LogP contribution in [0.5, 0.6) is 5.75 Å². The number of nitrogens with zero attached hydrogens (tertiary/aromatic N) is 2. The number of anilines is 1. The van der Waals surface area contributed by atoms with E-state index < -0.39 is 0 Å². The first-order valence-corrected chi connectivity index (χ1v) is 7.13. The lowest BCUT2D eigenvalue weighted by molar-refractivity contribution is 0.415. The van der Waals surface area contributed by atoms with E-state index in [9.17, 15) is 0 Å². The smallest absolute Gasteiger partial charge is 0.147 e. The number of ether oxygens (including phenoxy) is 1. The number of hydrogen-bond donors (Lipinski definition) is 1. The van der Waals surface area contributed by atoms with Crippen LogP contribution in [0.25, 0.3) is 10.8 Å². The number of nitrogens with one attached hydrogen (secondary N) is 1. The van der Waals surface area contributed by atoms with Gasteiger partial charge in [0.2, 0.25) is 0 Å². The molecule has 0 bridgehead atoms. The molecule has 0 aliphatic heterocycles. The maximum Gasteiger partial charge on any atom is 0.147 e. The first-order chi connectivity index (χ1) is 10.8. The SMILES string of the molecule is COc1ccc2ccccc2c1/C=N\Nc1cccc(Cl)n1. The van der Waals surface area contributed by atoms with E-state index in [0.717, 1.165) is 22.1 Å². The Morgan fingerprint density at radius 3 is 2.77 bits per heavy atom. The summed E-state index contributed by atoms with van der Waals surface area (Å²) < 4.78 is 5.42. The van der Waals surface area contributed by atoms with Crippen molar-refractivity contribution >= 4 is 34.4 Å². The molecular formula is C17H14ClN3O. The van der Waals surface area contributed by atoms with Crippen molar-refractivity contribution in [3.63, 3.8) is 0 Å². The van der Waals surface area contributed by atoms with Gasteiger partial charge in [0.25, 0.3) is 0 Å². The van der Waals surface area contributed by atoms with Crippen LogP contribution in [-0.4, -0.2) is 18.3 Å². The van der Waals surface area contributed by atoms with Gasteiger partial charge in [0.15, 0.2) is 0 Å². The zero-order chi connectivity index (χ0) is 15.4. The Morgan fingerprint density at radius 1 is 1.09 bits per heavy atom. The fourth-order valence-corrected chi connectivity index (χ4v) is 2.38. The second-order valence-electron chi connectivity index (χ2n) is 4.62. The molecule has 3 rings (SSSR count). The number of fused-ring (bicyclic) bond motifs is 1. The minimum atomic E-state index is 0.419. The van der Waals surface area contributed by atoms with Crippen LogP contribution in [-0.2, 0) is 0 Å². The van der Waals surface area contributed by atoms with Crippen molar-refractivity contribution in [3.05, 3.63) is 65.3 Å². The predicted molar refractivity (Wildman–Crippen MR) is 91.0 cm³/mol. The summed E-state index contributed by atoms with van der Waals surface area (Å²) in [5, 5.41) is 6.86. The average Bonchev–Trinajstić information content (AvgIpc) is 2.55. The highest BCUT2D eigenvalue weighted by Crippen LogP contribution is 2.26. The lowest BCUT2D eigenvalue weighted by Crippen LogP contribution is -1.96. The molecule has 0 unspecified atom stereocenters. The quantitative estimate of drug-likeness (QED) is 0.443. The summed E-state index contributed by atoms with van der Waals surface area (Å²) in [5.41, 5.74) is 3.78. The molecule has 1 N–H and O–H groups in total. The van der Waals surface area contributed by atoms with Gasteiger partial charge in [-0.3, -0.25) is 5.43 Å². The van der Waals surface area contributed by atoms with Gasteiger partial charge in [-0.2, -0.15) is 5.10 Å². The summed E-state index contributed by atoms with van der Waals surface area (Å²) in [5.74, 6) is 1.35. The van der Waals surface area contributed by atoms with Crippen molar-refractivity contribution in [1.82, 2.24) is 4.98 Å². The zero-order valence-corrected chi connectivity index (χ0v) is 12.7. The summed E-state index contributed by atoms with van der Waals surface area (Å²) >= 11 is 5.84. The third-order valence-electron chi connectivity index (χ3n) is 3.24. The van der Waals surface area contributed by atoms with E-state index in [1.54, 1.807) is 25.5 Å². The minimum absolute atomic E-state index is 0.419. The van der Waals surface area contributed by atoms with Gasteiger partial charge in [-0.05, 0) is 29.0 Å². The second kappa shape index (κ2) is 6.45. The maximum atomic E-state index is 5.84. The molecule has 0 spiro atoms. The first kappa shape index (κ1) is 14.4. The highest BCUT2D eigenvalue weighted by atomic mass is 35.5. The summed E-state index contributed by atoms with van der Waals surface area (Å²) in [6, 6.07) is 17.4. The Morgan fingerprint density at radius 2 is 1.95 bits per heavy atom. The van der Waals surface area contributed by atoms with Crippen LogP contribution in [0.2, 0.25) is 5.15 Å². The third kappa shape index (κ3) is 3.02. The number of rotatable bonds is 4. The van der Waals surface area contributed by atoms with E-state index >= 15 is 0 Å². The van der Waals surface area contributed by atoms with Crippen molar-refractivity contribution in [1.29, 1.82) is 0 Å². The number of aromatic nitrogens is 1. The number of methoxy groups -OCH3 is 1. The molecule has 110 valence electrons. The molecular weight excluding hydrogens is 298 g/mol. The van der Waals surface area contributed by atoms with Crippen molar-refractivity contribution < 1.29 is 4.74 Å². The van der Waals surface area contributed by atoms with E-state index in [4.69, 9.17) is 16.3 Å². The fraction of sp³-hybridized carbons (Fsp3) is 0.0588. The van der Waals surface area contributed by atoms with Crippen molar-refractivity contribution in [2.45, 2.75) is 0 Å². The van der Waals surface area contributed by atoms with Crippen LogP contribution < -0.4 is 10.2 Å². The molecule has 2 aromatic carbocycles. The normalized spacial score (nSPS) is 11.0. The second-order valence-corrected chi connectivity index (χ2v) is 5.01. The Balaban J connectivity index is 1.93. The number of halogens is 1. The highest BCUT2D eigenvalue weighted by molar-refractivity contribution is 6.29. The van der Waals surface area contributed by atoms with Crippen LogP contribution in [0.15, 0.2) is 59.7 Å². The van der Waals surface area contributed by atoms with Crippen LogP contribution >= 0.6 is 11.6 Å². The molecule has 3 aromatic rings. The Kier molecular flexibility index (Phi) is 4.21. The van der Waals surface area contributed by atoms with Gasteiger partial charge in [-0.15, -0.1) is 0 Å².